The first kappa shape index (κ1) is 13.2. The van der Waals surface area contributed by atoms with Gasteiger partial charge in [0.1, 0.15) is 12.5 Å². The normalized spacial score (nSPS) is 19.1. The molecule has 1 rings (SSSR count). The second-order valence-electron chi connectivity index (χ2n) is 4.72. The molecule has 4 nitrogen and oxygen atoms in total. The molecule has 0 bridgehead atoms. The lowest BCUT2D eigenvalue weighted by molar-refractivity contribution is -0.150. The lowest BCUT2D eigenvalue weighted by Gasteiger charge is -2.21. The smallest absolute Gasteiger partial charge is 0.314 e. The molecule has 0 spiro atoms. The number of Topliss-reactive ketones (excluding diaryl/α,β-unsaturated/α-hetero) is 1. The fourth-order valence-electron chi connectivity index (χ4n) is 2.40. The molecular formula is C12H20O4. The molecule has 16 heavy (non-hydrogen) atoms. The largest absolute Gasteiger partial charge is 0.481 e. The second-order valence-corrected chi connectivity index (χ2v) is 4.72. The highest BCUT2D eigenvalue weighted by molar-refractivity contribution is 6.00. The Morgan fingerprint density at radius 3 is 2.31 bits per heavy atom. The van der Waals surface area contributed by atoms with Crippen molar-refractivity contribution in [3.8, 4) is 0 Å². The van der Waals surface area contributed by atoms with Crippen molar-refractivity contribution in [2.24, 2.45) is 11.3 Å². The van der Waals surface area contributed by atoms with Gasteiger partial charge in [0, 0.05) is 0 Å². The summed E-state index contributed by atoms with van der Waals surface area (Å²) in [4.78, 5) is 22.5. The maximum absolute atomic E-state index is 11.4. The Bertz CT molecular complexity index is 268. The van der Waals surface area contributed by atoms with E-state index in [1.807, 2.05) is 0 Å². The van der Waals surface area contributed by atoms with Crippen LogP contribution < -0.4 is 0 Å². The number of hydrogen-bond donors (Lipinski definition) is 2. The minimum atomic E-state index is -1.08. The number of unbranched alkanes of at least 4 members (excludes halogenated alkanes) is 2. The minimum Gasteiger partial charge on any atom is -0.481 e. The van der Waals surface area contributed by atoms with Gasteiger partial charge in [-0.3, -0.25) is 9.59 Å². The monoisotopic (exact) mass is 228 g/mol. The van der Waals surface area contributed by atoms with Crippen LogP contribution in [0.4, 0.5) is 0 Å². The van der Waals surface area contributed by atoms with E-state index >= 15 is 0 Å². The number of hydrogen-bond acceptors (Lipinski definition) is 3. The first-order valence-electron chi connectivity index (χ1n) is 5.94. The summed E-state index contributed by atoms with van der Waals surface area (Å²) in [5, 5.41) is 17.9. The van der Waals surface area contributed by atoms with Crippen LogP contribution in [0.1, 0.15) is 45.4 Å². The molecular weight excluding hydrogens is 208 g/mol. The molecule has 0 aliphatic heterocycles. The fourth-order valence-corrected chi connectivity index (χ4v) is 2.40. The number of carbonyl (C=O) groups excluding carboxylic acids is 1. The van der Waals surface area contributed by atoms with Gasteiger partial charge in [-0.15, -0.1) is 0 Å². The molecule has 0 heterocycles. The van der Waals surface area contributed by atoms with Crippen LogP contribution in [0.3, 0.4) is 0 Å². The van der Waals surface area contributed by atoms with E-state index in [1.54, 1.807) is 0 Å². The Morgan fingerprint density at radius 1 is 1.31 bits per heavy atom. The molecule has 0 saturated heterocycles. The summed E-state index contributed by atoms with van der Waals surface area (Å²) in [6, 6.07) is 0. The predicted octanol–water partition coefficient (Wildman–Crippen LogP) is 1.61. The van der Waals surface area contributed by atoms with E-state index in [4.69, 9.17) is 10.2 Å². The summed E-state index contributed by atoms with van der Waals surface area (Å²) in [6.07, 6.45) is 5.53. The zero-order valence-electron chi connectivity index (χ0n) is 9.74. The Morgan fingerprint density at radius 2 is 1.94 bits per heavy atom. The molecule has 0 amide bonds. The fraction of sp³-hybridized carbons (Fsp3) is 0.833. The van der Waals surface area contributed by atoms with Gasteiger partial charge in [0.05, 0.1) is 0 Å². The van der Waals surface area contributed by atoms with Gasteiger partial charge in [-0.25, -0.2) is 0 Å². The van der Waals surface area contributed by atoms with Crippen molar-refractivity contribution in [3.05, 3.63) is 0 Å². The summed E-state index contributed by atoms with van der Waals surface area (Å²) >= 11 is 0. The van der Waals surface area contributed by atoms with Crippen molar-refractivity contribution in [1.29, 1.82) is 0 Å². The molecule has 1 atom stereocenters. The van der Waals surface area contributed by atoms with Gasteiger partial charge >= 0.3 is 5.97 Å². The molecule has 0 aromatic heterocycles. The van der Waals surface area contributed by atoms with Crippen LogP contribution in [0, 0.1) is 11.3 Å². The highest BCUT2D eigenvalue weighted by Crippen LogP contribution is 2.56. The number of aliphatic hydroxyl groups excluding tert-OH is 1. The van der Waals surface area contributed by atoms with Crippen molar-refractivity contribution in [2.45, 2.75) is 45.4 Å². The van der Waals surface area contributed by atoms with E-state index in [1.165, 1.54) is 0 Å². The number of aliphatic hydroxyl groups is 1. The third kappa shape index (κ3) is 2.82. The van der Waals surface area contributed by atoms with Gasteiger partial charge in [-0.2, -0.15) is 0 Å². The van der Waals surface area contributed by atoms with Crippen LogP contribution in [-0.4, -0.2) is 28.6 Å². The molecule has 2 N–H and O–H groups in total. The number of carboxylic acid groups (broad SMARTS) is 1. The van der Waals surface area contributed by atoms with E-state index < -0.39 is 24.3 Å². The minimum absolute atomic E-state index is 0.346. The summed E-state index contributed by atoms with van der Waals surface area (Å²) in [7, 11) is 0. The Kier molecular flexibility index (Phi) is 4.47. The van der Waals surface area contributed by atoms with E-state index in [9.17, 15) is 9.59 Å². The lowest BCUT2D eigenvalue weighted by Crippen LogP contribution is -2.34. The molecule has 1 fully saturated rings. The topological polar surface area (TPSA) is 74.6 Å². The first-order chi connectivity index (χ1) is 7.57. The van der Waals surface area contributed by atoms with Crippen molar-refractivity contribution in [2.75, 3.05) is 6.61 Å². The summed E-state index contributed by atoms with van der Waals surface area (Å²) in [5.41, 5.74) is -0.346. The first-order valence-corrected chi connectivity index (χ1v) is 5.94. The summed E-state index contributed by atoms with van der Waals surface area (Å²) < 4.78 is 0. The molecule has 1 aliphatic carbocycles. The summed E-state index contributed by atoms with van der Waals surface area (Å²) in [5.74, 6) is -2.61. The van der Waals surface area contributed by atoms with E-state index in [-0.39, 0.29) is 5.41 Å². The van der Waals surface area contributed by atoms with Crippen molar-refractivity contribution < 1.29 is 19.8 Å². The molecule has 0 aromatic rings. The summed E-state index contributed by atoms with van der Waals surface area (Å²) in [6.45, 7) is 1.43. The third-order valence-corrected chi connectivity index (χ3v) is 3.51. The SMILES string of the molecule is CCCCCC1(C(C(=O)O)C(=O)CO)CC1. The average molecular weight is 228 g/mol. The zero-order chi connectivity index (χ0) is 12.2. The van der Waals surface area contributed by atoms with Gasteiger partial charge in [0.2, 0.25) is 0 Å². The standard InChI is InChI=1S/C12H20O4/c1-2-3-4-5-12(6-7-12)10(11(15)16)9(14)8-13/h10,13H,2-8H2,1H3,(H,15,16). The number of carbonyl (C=O) groups is 2. The Balaban J connectivity index is 2.63. The van der Waals surface area contributed by atoms with Gasteiger partial charge in [0.15, 0.2) is 5.78 Å². The van der Waals surface area contributed by atoms with E-state index in [0.29, 0.717) is 0 Å². The zero-order valence-corrected chi connectivity index (χ0v) is 9.74. The van der Waals surface area contributed by atoms with Crippen molar-refractivity contribution in [1.82, 2.24) is 0 Å². The molecule has 0 radical (unpaired) electrons. The third-order valence-electron chi connectivity index (χ3n) is 3.51. The lowest BCUT2D eigenvalue weighted by atomic mass is 9.81. The van der Waals surface area contributed by atoms with Crippen LogP contribution in [0.15, 0.2) is 0 Å². The van der Waals surface area contributed by atoms with E-state index in [0.717, 1.165) is 38.5 Å². The van der Waals surface area contributed by atoms with Gasteiger partial charge in [-0.1, -0.05) is 26.2 Å². The molecule has 1 saturated carbocycles. The average Bonchev–Trinajstić information content (AvgIpc) is 2.98. The Labute approximate surface area is 95.7 Å². The van der Waals surface area contributed by atoms with E-state index in [2.05, 4.69) is 6.92 Å². The quantitative estimate of drug-likeness (QED) is 0.489. The second kappa shape index (κ2) is 5.43. The van der Waals surface area contributed by atoms with Crippen LogP contribution in [0.5, 0.6) is 0 Å². The van der Waals surface area contributed by atoms with Crippen molar-refractivity contribution >= 4 is 11.8 Å². The predicted molar refractivity (Wildman–Crippen MR) is 59.0 cm³/mol. The van der Waals surface area contributed by atoms with Gasteiger partial charge in [0.25, 0.3) is 0 Å². The Hall–Kier alpha value is -0.900. The number of carboxylic acids is 1. The molecule has 1 aliphatic rings. The molecule has 1 unspecified atom stereocenters. The highest BCUT2D eigenvalue weighted by Gasteiger charge is 2.54. The maximum Gasteiger partial charge on any atom is 0.314 e. The number of aliphatic carboxylic acids is 1. The molecule has 4 heteroatoms. The van der Waals surface area contributed by atoms with Gasteiger partial charge < -0.3 is 10.2 Å². The maximum atomic E-state index is 11.4. The highest BCUT2D eigenvalue weighted by atomic mass is 16.4. The number of rotatable bonds is 8. The molecule has 0 aromatic carbocycles. The van der Waals surface area contributed by atoms with Gasteiger partial charge in [-0.05, 0) is 24.7 Å². The van der Waals surface area contributed by atoms with Crippen molar-refractivity contribution in [3.63, 3.8) is 0 Å². The number of ketones is 1. The van der Waals surface area contributed by atoms with Crippen LogP contribution in [-0.2, 0) is 9.59 Å². The van der Waals surface area contributed by atoms with Crippen LogP contribution >= 0.6 is 0 Å². The molecule has 92 valence electrons. The van der Waals surface area contributed by atoms with Crippen LogP contribution in [0.25, 0.3) is 0 Å². The van der Waals surface area contributed by atoms with Crippen LogP contribution in [0.2, 0.25) is 0 Å².